The van der Waals surface area contributed by atoms with Crippen LogP contribution in [0.5, 0.6) is 11.5 Å². The lowest BCUT2D eigenvalue weighted by Gasteiger charge is -1.93. The molecule has 1 N–H and O–H groups in total. The molecule has 0 aromatic heterocycles. The van der Waals surface area contributed by atoms with Crippen molar-refractivity contribution in [2.45, 2.75) is 6.92 Å². The van der Waals surface area contributed by atoms with E-state index in [4.69, 9.17) is 9.84 Å². The predicted octanol–water partition coefficient (Wildman–Crippen LogP) is 4.24. The Hall–Kier alpha value is -1.26. The number of methoxy groups -OCH3 is 1. The number of hydrogen-bond donors (Lipinski definition) is 3. The minimum Gasteiger partial charge on any atom is -0.508 e. The molecule has 0 bridgehead atoms. The van der Waals surface area contributed by atoms with Crippen LogP contribution in [0, 0.1) is 6.92 Å². The topological polar surface area (TPSA) is 29.5 Å². The molecule has 4 heteroatoms. The van der Waals surface area contributed by atoms with Gasteiger partial charge in [0.15, 0.2) is 0 Å². The quantitative estimate of drug-likeness (QED) is 0.724. The van der Waals surface area contributed by atoms with E-state index in [-0.39, 0.29) is 0 Å². The molecule has 2 aromatic rings. The van der Waals surface area contributed by atoms with E-state index in [9.17, 15) is 0 Å². The summed E-state index contributed by atoms with van der Waals surface area (Å²) in [6.07, 6.45) is 0. The SMILES string of the molecule is COc1ccccc1.Cc1ccccc1O.SCCS. The van der Waals surface area contributed by atoms with E-state index in [1.54, 1.807) is 13.2 Å². The van der Waals surface area contributed by atoms with Gasteiger partial charge < -0.3 is 9.84 Å². The normalized spacial score (nSPS) is 8.60. The molecule has 0 aliphatic heterocycles. The van der Waals surface area contributed by atoms with E-state index in [0.29, 0.717) is 5.75 Å². The van der Waals surface area contributed by atoms with Crippen LogP contribution in [0.4, 0.5) is 0 Å². The molecule has 0 unspecified atom stereocenters. The molecule has 0 amide bonds. The van der Waals surface area contributed by atoms with Gasteiger partial charge in [0.05, 0.1) is 7.11 Å². The van der Waals surface area contributed by atoms with Gasteiger partial charge in [-0.3, -0.25) is 0 Å². The summed E-state index contributed by atoms with van der Waals surface area (Å²) in [6, 6.07) is 16.9. The Morgan fingerprint density at radius 3 is 1.70 bits per heavy atom. The van der Waals surface area contributed by atoms with Gasteiger partial charge in [-0.1, -0.05) is 36.4 Å². The zero-order chi connectivity index (χ0) is 15.2. The van der Waals surface area contributed by atoms with Crippen LogP contribution in [-0.2, 0) is 0 Å². The van der Waals surface area contributed by atoms with E-state index >= 15 is 0 Å². The van der Waals surface area contributed by atoms with Crippen molar-refractivity contribution >= 4 is 25.3 Å². The van der Waals surface area contributed by atoms with Crippen LogP contribution in [0.15, 0.2) is 54.6 Å². The highest BCUT2D eigenvalue weighted by atomic mass is 32.1. The van der Waals surface area contributed by atoms with Gasteiger partial charge >= 0.3 is 0 Å². The van der Waals surface area contributed by atoms with Crippen LogP contribution in [0.25, 0.3) is 0 Å². The van der Waals surface area contributed by atoms with Crippen molar-refractivity contribution in [2.75, 3.05) is 18.6 Å². The summed E-state index contributed by atoms with van der Waals surface area (Å²) < 4.78 is 4.91. The summed E-state index contributed by atoms with van der Waals surface area (Å²) in [6.45, 7) is 1.87. The highest BCUT2D eigenvalue weighted by Gasteiger charge is 1.87. The number of aryl methyl sites for hydroxylation is 1. The Morgan fingerprint density at radius 1 is 0.900 bits per heavy atom. The van der Waals surface area contributed by atoms with Gasteiger partial charge in [0, 0.05) is 0 Å². The standard InChI is InChI=1S/2C7H8O.C2H6S2/c1-8-7-5-3-2-4-6-7;1-6-4-2-3-5-7(6)8;3-1-2-4/h2-6H,1H3;2-5,8H,1H3;3-4H,1-2H2. The van der Waals surface area contributed by atoms with Crippen LogP contribution in [0.2, 0.25) is 0 Å². The first-order valence-corrected chi connectivity index (χ1v) is 7.47. The molecule has 0 aliphatic rings. The number of ether oxygens (including phenoxy) is 1. The maximum absolute atomic E-state index is 8.92. The van der Waals surface area contributed by atoms with E-state index in [1.807, 2.05) is 55.5 Å². The molecule has 0 fully saturated rings. The van der Waals surface area contributed by atoms with Crippen LogP contribution in [0.3, 0.4) is 0 Å². The number of benzene rings is 2. The molecule has 0 radical (unpaired) electrons. The molecule has 2 nitrogen and oxygen atoms in total. The van der Waals surface area contributed by atoms with Crippen molar-refractivity contribution in [3.8, 4) is 11.5 Å². The summed E-state index contributed by atoms with van der Waals surface area (Å²) in [7, 11) is 1.66. The van der Waals surface area contributed by atoms with Gasteiger partial charge in [0.25, 0.3) is 0 Å². The molecular weight excluding hydrogens is 288 g/mol. The predicted molar refractivity (Wildman–Crippen MR) is 93.5 cm³/mol. The molecule has 0 spiro atoms. The maximum Gasteiger partial charge on any atom is 0.118 e. The fourth-order valence-corrected chi connectivity index (χ4v) is 1.12. The third-order valence-corrected chi connectivity index (χ3v) is 2.99. The molecule has 2 aromatic carbocycles. The summed E-state index contributed by atoms with van der Waals surface area (Å²) in [5.74, 6) is 3.03. The number of phenolic OH excluding ortho intramolecular Hbond substituents is 1. The third kappa shape index (κ3) is 9.64. The van der Waals surface area contributed by atoms with E-state index in [2.05, 4.69) is 25.3 Å². The Labute approximate surface area is 132 Å². The minimum atomic E-state index is 0.368. The number of phenols is 1. The van der Waals surface area contributed by atoms with Crippen molar-refractivity contribution in [1.29, 1.82) is 0 Å². The monoisotopic (exact) mass is 310 g/mol. The van der Waals surface area contributed by atoms with Crippen LogP contribution in [-0.4, -0.2) is 23.7 Å². The summed E-state index contributed by atoms with van der Waals surface area (Å²) >= 11 is 7.69. The van der Waals surface area contributed by atoms with Crippen LogP contribution in [0.1, 0.15) is 5.56 Å². The maximum atomic E-state index is 8.92. The second-order valence-electron chi connectivity index (χ2n) is 3.75. The summed E-state index contributed by atoms with van der Waals surface area (Å²) in [5, 5.41) is 8.92. The Morgan fingerprint density at radius 2 is 1.40 bits per heavy atom. The van der Waals surface area contributed by atoms with Crippen molar-refractivity contribution in [1.82, 2.24) is 0 Å². The Kier molecular flexibility index (Phi) is 12.0. The number of aromatic hydroxyl groups is 1. The molecule has 0 aliphatic carbocycles. The fourth-order valence-electron chi connectivity index (χ4n) is 1.12. The second kappa shape index (κ2) is 12.8. The van der Waals surface area contributed by atoms with Gasteiger partial charge in [0.2, 0.25) is 0 Å². The van der Waals surface area contributed by atoms with E-state index in [1.165, 1.54) is 0 Å². The van der Waals surface area contributed by atoms with Crippen molar-refractivity contribution in [2.24, 2.45) is 0 Å². The number of hydrogen-bond acceptors (Lipinski definition) is 4. The van der Waals surface area contributed by atoms with E-state index in [0.717, 1.165) is 22.8 Å². The van der Waals surface area contributed by atoms with Gasteiger partial charge in [-0.15, -0.1) is 0 Å². The Balaban J connectivity index is 0.000000289. The molecule has 0 saturated carbocycles. The Bertz CT molecular complexity index is 424. The number of rotatable bonds is 2. The molecule has 110 valence electrons. The average molecular weight is 310 g/mol. The first kappa shape index (κ1) is 18.7. The zero-order valence-electron chi connectivity index (χ0n) is 11.9. The van der Waals surface area contributed by atoms with Gasteiger partial charge in [-0.05, 0) is 42.2 Å². The lowest BCUT2D eigenvalue weighted by Crippen LogP contribution is -1.78. The van der Waals surface area contributed by atoms with Crippen LogP contribution >= 0.6 is 25.3 Å². The highest BCUT2D eigenvalue weighted by Crippen LogP contribution is 2.12. The smallest absolute Gasteiger partial charge is 0.118 e. The average Bonchev–Trinajstić information content (AvgIpc) is 2.52. The minimum absolute atomic E-state index is 0.368. The second-order valence-corrected chi connectivity index (χ2v) is 4.65. The van der Waals surface area contributed by atoms with Gasteiger partial charge in [0.1, 0.15) is 11.5 Å². The first-order chi connectivity index (χ1) is 9.65. The van der Waals surface area contributed by atoms with Crippen molar-refractivity contribution < 1.29 is 9.84 Å². The molecule has 0 atom stereocenters. The highest BCUT2D eigenvalue weighted by molar-refractivity contribution is 7.84. The summed E-state index contributed by atoms with van der Waals surface area (Å²) in [5.41, 5.74) is 0.924. The third-order valence-electron chi connectivity index (χ3n) is 2.19. The molecule has 2 rings (SSSR count). The molecule has 0 saturated heterocycles. The van der Waals surface area contributed by atoms with E-state index < -0.39 is 0 Å². The first-order valence-electron chi connectivity index (χ1n) is 6.21. The number of para-hydroxylation sites is 2. The van der Waals surface area contributed by atoms with Crippen LogP contribution < -0.4 is 4.74 Å². The lowest BCUT2D eigenvalue weighted by molar-refractivity contribution is 0.415. The lowest BCUT2D eigenvalue weighted by atomic mass is 10.2. The van der Waals surface area contributed by atoms with Gasteiger partial charge in [-0.25, -0.2) is 0 Å². The largest absolute Gasteiger partial charge is 0.508 e. The van der Waals surface area contributed by atoms with Crippen molar-refractivity contribution in [3.05, 3.63) is 60.2 Å². The fraction of sp³-hybridized carbons (Fsp3) is 0.250. The summed E-state index contributed by atoms with van der Waals surface area (Å²) in [4.78, 5) is 0. The number of thiol groups is 2. The van der Waals surface area contributed by atoms with Gasteiger partial charge in [-0.2, -0.15) is 25.3 Å². The van der Waals surface area contributed by atoms with Crippen molar-refractivity contribution in [3.63, 3.8) is 0 Å². The molecule has 20 heavy (non-hydrogen) atoms. The molecule has 0 heterocycles. The molecular formula is C16H22O2S2. The zero-order valence-corrected chi connectivity index (χ0v) is 13.6.